The van der Waals surface area contributed by atoms with Crippen LogP contribution in [0.3, 0.4) is 0 Å². The molecule has 0 heterocycles. The first-order valence-corrected chi connectivity index (χ1v) is 6.80. The Balaban J connectivity index is 2.58. The molecule has 1 saturated carbocycles. The highest BCUT2D eigenvalue weighted by Crippen LogP contribution is 2.60. The normalized spacial score (nSPS) is 28.9. The maximum atomic E-state index is 11.6. The van der Waals surface area contributed by atoms with E-state index in [1.54, 1.807) is 6.92 Å². The Hall–Kier alpha value is 0.340. The van der Waals surface area contributed by atoms with Crippen molar-refractivity contribution in [3.63, 3.8) is 0 Å². The second kappa shape index (κ2) is 5.79. The van der Waals surface area contributed by atoms with E-state index in [-0.39, 0.29) is 23.7 Å². The van der Waals surface area contributed by atoms with Crippen LogP contribution in [0.4, 0.5) is 0 Å². The van der Waals surface area contributed by atoms with Gasteiger partial charge in [0, 0.05) is 5.92 Å². The van der Waals surface area contributed by atoms with Crippen molar-refractivity contribution in [2.45, 2.75) is 36.9 Å². The van der Waals surface area contributed by atoms with Gasteiger partial charge in [-0.15, -0.1) is 0 Å². The van der Waals surface area contributed by atoms with Gasteiger partial charge < -0.3 is 4.74 Å². The van der Waals surface area contributed by atoms with Crippen LogP contribution in [0.2, 0.25) is 0 Å². The van der Waals surface area contributed by atoms with Gasteiger partial charge in [0.05, 0.1) is 12.5 Å². The molecule has 0 aliphatic heterocycles. The van der Waals surface area contributed by atoms with Crippen LogP contribution in [0.25, 0.3) is 0 Å². The number of carbonyl (C=O) groups is 1. The summed E-state index contributed by atoms with van der Waals surface area (Å²) in [7, 11) is 0. The van der Waals surface area contributed by atoms with Crippen molar-refractivity contribution in [2.24, 2.45) is 17.8 Å². The largest absolute Gasteiger partial charge is 0.466 e. The molecule has 1 aliphatic carbocycles. The summed E-state index contributed by atoms with van der Waals surface area (Å²) in [6.07, 6.45) is 3.06. The zero-order valence-corrected chi connectivity index (χ0v) is 11.8. The minimum Gasteiger partial charge on any atom is -0.466 e. The van der Waals surface area contributed by atoms with Crippen LogP contribution in [0.15, 0.2) is 0 Å². The van der Waals surface area contributed by atoms with Gasteiger partial charge in [-0.25, -0.2) is 0 Å². The maximum absolute atomic E-state index is 11.6. The standard InChI is InChI=1S/C11H17Cl3O2/c1-3-5-6-7-8(10(15)16-4-2)9(7)11(12,13)14/h7-9H,3-6H2,1-2H3/t7-,8+,9+/m0/s1. The zero-order chi connectivity index (χ0) is 12.3. The predicted molar refractivity (Wildman–Crippen MR) is 66.9 cm³/mol. The van der Waals surface area contributed by atoms with Crippen LogP contribution in [0.5, 0.6) is 0 Å². The lowest BCUT2D eigenvalue weighted by molar-refractivity contribution is -0.145. The van der Waals surface area contributed by atoms with E-state index in [0.29, 0.717) is 6.61 Å². The van der Waals surface area contributed by atoms with E-state index in [1.807, 2.05) is 0 Å². The summed E-state index contributed by atoms with van der Waals surface area (Å²) >= 11 is 17.6. The smallest absolute Gasteiger partial charge is 0.309 e. The van der Waals surface area contributed by atoms with E-state index in [1.165, 1.54) is 0 Å². The Bertz CT molecular complexity index is 250. The summed E-state index contributed by atoms with van der Waals surface area (Å²) < 4.78 is 3.64. The molecule has 1 aliphatic rings. The van der Waals surface area contributed by atoms with Gasteiger partial charge in [0.2, 0.25) is 0 Å². The monoisotopic (exact) mass is 286 g/mol. The van der Waals surface area contributed by atoms with Crippen LogP contribution in [-0.4, -0.2) is 16.4 Å². The van der Waals surface area contributed by atoms with Crippen LogP contribution < -0.4 is 0 Å². The van der Waals surface area contributed by atoms with Gasteiger partial charge in [-0.05, 0) is 19.3 Å². The Morgan fingerprint density at radius 3 is 2.38 bits per heavy atom. The average molecular weight is 288 g/mol. The first kappa shape index (κ1) is 14.4. The van der Waals surface area contributed by atoms with Gasteiger partial charge in [-0.1, -0.05) is 54.6 Å². The topological polar surface area (TPSA) is 26.3 Å². The fourth-order valence-electron chi connectivity index (χ4n) is 2.18. The lowest BCUT2D eigenvalue weighted by atomic mass is 10.1. The zero-order valence-electron chi connectivity index (χ0n) is 9.51. The number of ether oxygens (including phenoxy) is 1. The third-order valence-electron chi connectivity index (χ3n) is 3.00. The van der Waals surface area contributed by atoms with Crippen LogP contribution >= 0.6 is 34.8 Å². The molecule has 0 aromatic heterocycles. The van der Waals surface area contributed by atoms with Gasteiger partial charge in [-0.3, -0.25) is 4.79 Å². The van der Waals surface area contributed by atoms with Crippen molar-refractivity contribution < 1.29 is 9.53 Å². The maximum Gasteiger partial charge on any atom is 0.309 e. The first-order valence-electron chi connectivity index (χ1n) is 5.66. The molecule has 0 bridgehead atoms. The van der Waals surface area contributed by atoms with Crippen molar-refractivity contribution in [2.75, 3.05) is 6.61 Å². The van der Waals surface area contributed by atoms with Crippen molar-refractivity contribution >= 4 is 40.8 Å². The van der Waals surface area contributed by atoms with Crippen LogP contribution in [-0.2, 0) is 9.53 Å². The van der Waals surface area contributed by atoms with E-state index in [0.717, 1.165) is 19.3 Å². The summed E-state index contributed by atoms with van der Waals surface area (Å²) in [4.78, 5) is 11.6. The second-order valence-electron chi connectivity index (χ2n) is 4.15. The molecule has 3 atom stereocenters. The van der Waals surface area contributed by atoms with E-state index < -0.39 is 3.79 Å². The lowest BCUT2D eigenvalue weighted by Crippen LogP contribution is -2.14. The molecule has 94 valence electrons. The third kappa shape index (κ3) is 3.41. The minimum atomic E-state index is -1.35. The van der Waals surface area contributed by atoms with E-state index in [9.17, 15) is 4.79 Å². The van der Waals surface area contributed by atoms with Gasteiger partial charge >= 0.3 is 5.97 Å². The summed E-state index contributed by atoms with van der Waals surface area (Å²) in [6.45, 7) is 4.26. The van der Waals surface area contributed by atoms with Crippen molar-refractivity contribution in [3.05, 3.63) is 0 Å². The molecule has 0 radical (unpaired) electrons. The number of hydrogen-bond acceptors (Lipinski definition) is 2. The second-order valence-corrected chi connectivity index (χ2v) is 6.52. The molecule has 0 aromatic carbocycles. The molecule has 0 amide bonds. The quantitative estimate of drug-likeness (QED) is 0.565. The van der Waals surface area contributed by atoms with Gasteiger partial charge in [-0.2, -0.15) is 0 Å². The average Bonchev–Trinajstić information content (AvgIpc) is 2.88. The van der Waals surface area contributed by atoms with Gasteiger partial charge in [0.25, 0.3) is 0 Å². The highest BCUT2D eigenvalue weighted by molar-refractivity contribution is 6.68. The van der Waals surface area contributed by atoms with E-state index in [4.69, 9.17) is 39.5 Å². The molecular formula is C11H17Cl3O2. The van der Waals surface area contributed by atoms with Crippen molar-refractivity contribution in [3.8, 4) is 0 Å². The number of carbonyl (C=O) groups excluding carboxylic acids is 1. The Kier molecular flexibility index (Phi) is 5.21. The first-order chi connectivity index (χ1) is 7.43. The predicted octanol–water partition coefficient (Wildman–Crippen LogP) is 3.97. The fourth-order valence-corrected chi connectivity index (χ4v) is 3.07. The molecule has 0 N–H and O–H groups in total. The number of unbranched alkanes of at least 4 members (excludes halogenated alkanes) is 1. The molecule has 0 aromatic rings. The van der Waals surface area contributed by atoms with Crippen molar-refractivity contribution in [1.29, 1.82) is 0 Å². The molecule has 16 heavy (non-hydrogen) atoms. The molecule has 5 heteroatoms. The third-order valence-corrected chi connectivity index (χ3v) is 3.75. The Labute approximate surface area is 112 Å². The van der Waals surface area contributed by atoms with E-state index >= 15 is 0 Å². The summed E-state index contributed by atoms with van der Waals surface area (Å²) in [5.74, 6) is -0.450. The number of esters is 1. The van der Waals surface area contributed by atoms with Crippen LogP contribution in [0, 0.1) is 17.8 Å². The summed E-state index contributed by atoms with van der Waals surface area (Å²) in [5.41, 5.74) is 0. The molecule has 0 saturated heterocycles. The number of hydrogen-bond donors (Lipinski definition) is 0. The van der Waals surface area contributed by atoms with E-state index in [2.05, 4.69) is 6.92 Å². The van der Waals surface area contributed by atoms with Gasteiger partial charge in [0.1, 0.15) is 0 Å². The molecule has 2 nitrogen and oxygen atoms in total. The summed E-state index contributed by atoms with van der Waals surface area (Å²) in [6, 6.07) is 0. The number of alkyl halides is 3. The highest BCUT2D eigenvalue weighted by atomic mass is 35.6. The Morgan fingerprint density at radius 2 is 1.94 bits per heavy atom. The molecule has 0 unspecified atom stereocenters. The van der Waals surface area contributed by atoms with Crippen molar-refractivity contribution in [1.82, 2.24) is 0 Å². The number of rotatable bonds is 5. The van der Waals surface area contributed by atoms with Crippen LogP contribution in [0.1, 0.15) is 33.1 Å². The minimum absolute atomic E-state index is 0.173. The summed E-state index contributed by atoms with van der Waals surface area (Å²) in [5, 5.41) is 0. The molecule has 1 fully saturated rings. The lowest BCUT2D eigenvalue weighted by Gasteiger charge is -2.09. The fraction of sp³-hybridized carbons (Fsp3) is 0.909. The molecule has 0 spiro atoms. The van der Waals surface area contributed by atoms with Gasteiger partial charge in [0.15, 0.2) is 3.79 Å². The number of halogens is 3. The SMILES string of the molecule is CCCC[C@H]1[C@@H](C(=O)OCC)[C@@H]1C(Cl)(Cl)Cl. The molecular weight excluding hydrogens is 270 g/mol. The molecule has 1 rings (SSSR count). The Morgan fingerprint density at radius 1 is 1.31 bits per heavy atom. The highest BCUT2D eigenvalue weighted by Gasteiger charge is 2.63.